The number of carbonyl (C=O) groups is 1. The molecule has 0 unspecified atom stereocenters. The van der Waals surface area contributed by atoms with Gasteiger partial charge in [-0.2, -0.15) is 0 Å². The number of sulfonamides is 1. The van der Waals surface area contributed by atoms with Crippen molar-refractivity contribution in [1.29, 1.82) is 0 Å². The lowest BCUT2D eigenvalue weighted by atomic mass is 10.1. The van der Waals surface area contributed by atoms with Crippen LogP contribution in [0.15, 0.2) is 24.3 Å². The van der Waals surface area contributed by atoms with Gasteiger partial charge in [-0.1, -0.05) is 0 Å². The van der Waals surface area contributed by atoms with Crippen LogP contribution in [0.3, 0.4) is 0 Å². The summed E-state index contributed by atoms with van der Waals surface area (Å²) in [4.78, 5) is 14.0. The lowest BCUT2D eigenvalue weighted by Gasteiger charge is -2.28. The summed E-state index contributed by atoms with van der Waals surface area (Å²) in [7, 11) is -1.81. The molecule has 0 fully saturated rings. The van der Waals surface area contributed by atoms with Crippen molar-refractivity contribution < 1.29 is 17.6 Å². The predicted octanol–water partition coefficient (Wildman–Crippen LogP) is 1.57. The Balaban J connectivity index is 2.82. The molecule has 0 aromatic heterocycles. The van der Waals surface area contributed by atoms with Crippen LogP contribution in [0.2, 0.25) is 0 Å². The summed E-state index contributed by atoms with van der Waals surface area (Å²) in [6.07, 6.45) is 1.12. The molecule has 0 aliphatic heterocycles. The molecule has 0 saturated heterocycles. The highest BCUT2D eigenvalue weighted by Gasteiger charge is 2.20. The second-order valence-corrected chi connectivity index (χ2v) is 7.27. The normalized spacial score (nSPS) is 12.0. The van der Waals surface area contributed by atoms with Gasteiger partial charge in [0.15, 0.2) is 0 Å². The zero-order valence-corrected chi connectivity index (χ0v) is 13.5. The van der Waals surface area contributed by atoms with Crippen LogP contribution in [-0.2, 0) is 10.0 Å². The van der Waals surface area contributed by atoms with Gasteiger partial charge in [0.05, 0.1) is 6.26 Å². The quantitative estimate of drug-likeness (QED) is 0.800. The Morgan fingerprint density at radius 1 is 1.19 bits per heavy atom. The molecule has 1 rings (SSSR count). The van der Waals surface area contributed by atoms with Crippen molar-refractivity contribution in [2.45, 2.75) is 19.9 Å². The lowest BCUT2D eigenvalue weighted by Crippen LogP contribution is -2.42. The average Bonchev–Trinajstić information content (AvgIpc) is 2.37. The van der Waals surface area contributed by atoms with Gasteiger partial charge < -0.3 is 4.90 Å². The summed E-state index contributed by atoms with van der Waals surface area (Å²) in [5.41, 5.74) is 0.382. The lowest BCUT2D eigenvalue weighted by molar-refractivity contribution is 0.0699. The number of amides is 1. The van der Waals surface area contributed by atoms with E-state index in [1.807, 2.05) is 13.8 Å². The van der Waals surface area contributed by atoms with Crippen LogP contribution in [0, 0.1) is 5.82 Å². The molecular weight excluding hydrogens is 295 g/mol. The SMILES string of the molecule is CC(C)N(CCN(C)S(C)(=O)=O)C(=O)c1ccc(F)cc1. The first-order valence-electron chi connectivity index (χ1n) is 6.60. The van der Waals surface area contributed by atoms with E-state index in [9.17, 15) is 17.6 Å². The van der Waals surface area contributed by atoms with Crippen LogP contribution in [-0.4, -0.2) is 56.0 Å². The molecule has 118 valence electrons. The van der Waals surface area contributed by atoms with Crippen molar-refractivity contribution in [3.8, 4) is 0 Å². The second kappa shape index (κ2) is 7.00. The van der Waals surface area contributed by atoms with E-state index in [0.29, 0.717) is 5.56 Å². The molecule has 7 heteroatoms. The minimum atomic E-state index is -3.27. The summed E-state index contributed by atoms with van der Waals surface area (Å²) >= 11 is 0. The molecule has 1 amide bonds. The standard InChI is InChI=1S/C14H21FN2O3S/c1-11(2)17(10-9-16(3)21(4,19)20)14(18)12-5-7-13(15)8-6-12/h5-8,11H,9-10H2,1-4H3. The zero-order valence-electron chi connectivity index (χ0n) is 12.7. The second-order valence-electron chi connectivity index (χ2n) is 5.18. The number of hydrogen-bond donors (Lipinski definition) is 0. The van der Waals surface area contributed by atoms with Gasteiger partial charge in [-0.15, -0.1) is 0 Å². The van der Waals surface area contributed by atoms with Gasteiger partial charge in [0, 0.05) is 31.7 Å². The first-order valence-corrected chi connectivity index (χ1v) is 8.45. The Kier molecular flexibility index (Phi) is 5.86. The number of hydrogen-bond acceptors (Lipinski definition) is 3. The summed E-state index contributed by atoms with van der Waals surface area (Å²) in [5, 5.41) is 0. The fourth-order valence-corrected chi connectivity index (χ4v) is 2.18. The van der Waals surface area contributed by atoms with E-state index in [0.717, 1.165) is 6.26 Å². The molecule has 0 radical (unpaired) electrons. The number of carbonyl (C=O) groups excluding carboxylic acids is 1. The highest BCUT2D eigenvalue weighted by atomic mass is 32.2. The molecule has 0 saturated carbocycles. The topological polar surface area (TPSA) is 57.7 Å². The van der Waals surface area contributed by atoms with E-state index in [2.05, 4.69) is 0 Å². The third-order valence-electron chi connectivity index (χ3n) is 3.20. The summed E-state index contributed by atoms with van der Waals surface area (Å²) in [6, 6.07) is 5.22. The van der Waals surface area contributed by atoms with Gasteiger partial charge >= 0.3 is 0 Å². The van der Waals surface area contributed by atoms with Crippen molar-refractivity contribution in [2.75, 3.05) is 26.4 Å². The molecule has 0 atom stereocenters. The molecule has 0 aliphatic rings. The fourth-order valence-electron chi connectivity index (χ4n) is 1.77. The molecule has 5 nitrogen and oxygen atoms in total. The highest BCUT2D eigenvalue weighted by molar-refractivity contribution is 7.88. The number of nitrogens with zero attached hydrogens (tertiary/aromatic N) is 2. The highest BCUT2D eigenvalue weighted by Crippen LogP contribution is 2.10. The van der Waals surface area contributed by atoms with Crippen LogP contribution in [0.5, 0.6) is 0 Å². The van der Waals surface area contributed by atoms with Crippen LogP contribution >= 0.6 is 0 Å². The van der Waals surface area contributed by atoms with Gasteiger partial charge in [0.1, 0.15) is 5.82 Å². The molecule has 1 aromatic carbocycles. The monoisotopic (exact) mass is 316 g/mol. The maximum absolute atomic E-state index is 12.9. The van der Waals surface area contributed by atoms with Crippen LogP contribution in [0.4, 0.5) is 4.39 Å². The fraction of sp³-hybridized carbons (Fsp3) is 0.500. The van der Waals surface area contributed by atoms with E-state index >= 15 is 0 Å². The van der Waals surface area contributed by atoms with Crippen molar-refractivity contribution in [2.24, 2.45) is 0 Å². The molecule has 0 spiro atoms. The maximum Gasteiger partial charge on any atom is 0.254 e. The average molecular weight is 316 g/mol. The van der Waals surface area contributed by atoms with E-state index in [1.165, 1.54) is 35.6 Å². The van der Waals surface area contributed by atoms with Gasteiger partial charge in [0.25, 0.3) is 5.91 Å². The molecule has 0 bridgehead atoms. The van der Waals surface area contributed by atoms with Crippen LogP contribution in [0.25, 0.3) is 0 Å². The summed E-state index contributed by atoms with van der Waals surface area (Å²) in [5.74, 6) is -0.647. The first kappa shape index (κ1) is 17.6. The van der Waals surface area contributed by atoms with E-state index in [-0.39, 0.29) is 25.0 Å². The van der Waals surface area contributed by atoms with E-state index < -0.39 is 15.8 Å². The zero-order chi connectivity index (χ0) is 16.2. The molecule has 0 aliphatic carbocycles. The Morgan fingerprint density at radius 3 is 2.14 bits per heavy atom. The van der Waals surface area contributed by atoms with Gasteiger partial charge in [0.2, 0.25) is 10.0 Å². The summed E-state index contributed by atoms with van der Waals surface area (Å²) < 4.78 is 36.8. The van der Waals surface area contributed by atoms with Crippen molar-refractivity contribution >= 4 is 15.9 Å². The van der Waals surface area contributed by atoms with Gasteiger partial charge in [-0.3, -0.25) is 4.79 Å². The molecule has 0 N–H and O–H groups in total. The predicted molar refractivity (Wildman–Crippen MR) is 80.0 cm³/mol. The minimum absolute atomic E-state index is 0.0875. The van der Waals surface area contributed by atoms with Gasteiger partial charge in [-0.25, -0.2) is 17.1 Å². The largest absolute Gasteiger partial charge is 0.335 e. The number of likely N-dealkylation sites (N-methyl/N-ethyl adjacent to an activating group) is 1. The van der Waals surface area contributed by atoms with Gasteiger partial charge in [-0.05, 0) is 38.1 Å². The number of halogens is 1. The Bertz CT molecular complexity index is 585. The third kappa shape index (κ3) is 5.09. The van der Waals surface area contributed by atoms with E-state index in [4.69, 9.17) is 0 Å². The smallest absolute Gasteiger partial charge is 0.254 e. The molecule has 0 heterocycles. The van der Waals surface area contributed by atoms with Crippen LogP contribution < -0.4 is 0 Å². The molecule has 21 heavy (non-hydrogen) atoms. The molecular formula is C14H21FN2O3S. The van der Waals surface area contributed by atoms with E-state index in [1.54, 1.807) is 4.90 Å². The Labute approximate surface area is 125 Å². The third-order valence-corrected chi connectivity index (χ3v) is 4.51. The Hall–Kier alpha value is -1.47. The summed E-state index contributed by atoms with van der Waals surface area (Å²) in [6.45, 7) is 4.19. The number of rotatable bonds is 6. The van der Waals surface area contributed by atoms with Crippen molar-refractivity contribution in [1.82, 2.24) is 9.21 Å². The van der Waals surface area contributed by atoms with Crippen molar-refractivity contribution in [3.05, 3.63) is 35.6 Å². The minimum Gasteiger partial charge on any atom is -0.335 e. The number of benzene rings is 1. The Morgan fingerprint density at radius 2 is 1.71 bits per heavy atom. The van der Waals surface area contributed by atoms with Crippen LogP contribution in [0.1, 0.15) is 24.2 Å². The van der Waals surface area contributed by atoms with Crippen molar-refractivity contribution in [3.63, 3.8) is 0 Å². The first-order chi connectivity index (χ1) is 9.62. The maximum atomic E-state index is 12.9. The molecule has 1 aromatic rings.